The summed E-state index contributed by atoms with van der Waals surface area (Å²) in [6.45, 7) is 5.79. The predicted octanol–water partition coefficient (Wildman–Crippen LogP) is 0.523. The molecule has 1 heterocycles. The van der Waals surface area contributed by atoms with E-state index in [0.29, 0.717) is 11.9 Å². The van der Waals surface area contributed by atoms with E-state index >= 15 is 0 Å². The van der Waals surface area contributed by atoms with E-state index in [1.165, 1.54) is 5.69 Å². The summed E-state index contributed by atoms with van der Waals surface area (Å²) in [4.78, 5) is 4.23. The number of rotatable bonds is 5. The van der Waals surface area contributed by atoms with Crippen LogP contribution in [-0.2, 0) is 13.5 Å². The molecule has 1 aromatic rings. The van der Waals surface area contributed by atoms with E-state index < -0.39 is 0 Å². The molecular weight excluding hydrogens is 202 g/mol. The van der Waals surface area contributed by atoms with Crippen molar-refractivity contribution in [1.82, 2.24) is 15.1 Å². The predicted molar refractivity (Wildman–Crippen MR) is 66.2 cm³/mol. The highest BCUT2D eigenvalue weighted by Gasteiger charge is 1.98. The molecule has 0 aliphatic rings. The Morgan fingerprint density at radius 3 is 2.94 bits per heavy atom. The molecule has 1 aromatic heterocycles. The lowest BCUT2D eigenvalue weighted by molar-refractivity contribution is 0.658. The third kappa shape index (κ3) is 4.33. The van der Waals surface area contributed by atoms with Gasteiger partial charge in [-0.1, -0.05) is 13.8 Å². The number of aliphatic imine (C=N–C) groups is 1. The van der Waals surface area contributed by atoms with Crippen LogP contribution in [0.25, 0.3) is 0 Å². The van der Waals surface area contributed by atoms with Crippen LogP contribution < -0.4 is 11.1 Å². The minimum absolute atomic E-state index is 0.524. The molecule has 0 amide bonds. The van der Waals surface area contributed by atoms with Gasteiger partial charge in [-0.3, -0.25) is 9.67 Å². The number of nitrogens with two attached hydrogens (primary N) is 1. The van der Waals surface area contributed by atoms with Crippen molar-refractivity contribution in [2.45, 2.75) is 20.3 Å². The van der Waals surface area contributed by atoms with Gasteiger partial charge in [-0.2, -0.15) is 5.10 Å². The van der Waals surface area contributed by atoms with E-state index in [1.54, 1.807) is 6.20 Å². The second-order valence-corrected chi connectivity index (χ2v) is 4.24. The van der Waals surface area contributed by atoms with Gasteiger partial charge < -0.3 is 11.1 Å². The van der Waals surface area contributed by atoms with E-state index in [9.17, 15) is 0 Å². The van der Waals surface area contributed by atoms with Crippen molar-refractivity contribution in [2.75, 3.05) is 13.1 Å². The molecular formula is C11H21N5. The summed E-state index contributed by atoms with van der Waals surface area (Å²) in [6, 6.07) is 2.00. The highest BCUT2D eigenvalue weighted by molar-refractivity contribution is 5.77. The molecule has 3 N–H and O–H groups in total. The maximum absolute atomic E-state index is 5.72. The summed E-state index contributed by atoms with van der Waals surface area (Å²) < 4.78 is 1.86. The number of nitrogens with one attached hydrogen (secondary N) is 1. The summed E-state index contributed by atoms with van der Waals surface area (Å²) in [6.07, 6.45) is 2.69. The fourth-order valence-electron chi connectivity index (χ4n) is 1.30. The van der Waals surface area contributed by atoms with Crippen molar-refractivity contribution in [2.24, 2.45) is 23.7 Å². The molecule has 90 valence electrons. The standard InChI is InChI=1S/C11H21N5/c1-9(2)8-14-11(12)13-6-4-10-5-7-15-16(10)3/h5,7,9H,4,6,8H2,1-3H3,(H3,12,13,14). The van der Waals surface area contributed by atoms with Crippen molar-refractivity contribution in [3.05, 3.63) is 18.0 Å². The van der Waals surface area contributed by atoms with Gasteiger partial charge in [0.1, 0.15) is 0 Å². The van der Waals surface area contributed by atoms with E-state index in [2.05, 4.69) is 29.3 Å². The van der Waals surface area contributed by atoms with Gasteiger partial charge in [0, 0.05) is 38.4 Å². The van der Waals surface area contributed by atoms with Gasteiger partial charge in [0.25, 0.3) is 0 Å². The SMILES string of the molecule is CC(C)CN=C(N)NCCc1ccnn1C. The number of aryl methyl sites for hydroxylation is 1. The van der Waals surface area contributed by atoms with Gasteiger partial charge in [-0.05, 0) is 12.0 Å². The molecule has 16 heavy (non-hydrogen) atoms. The number of guanidine groups is 1. The lowest BCUT2D eigenvalue weighted by Gasteiger charge is -2.06. The minimum atomic E-state index is 0.524. The lowest BCUT2D eigenvalue weighted by Crippen LogP contribution is -2.33. The minimum Gasteiger partial charge on any atom is -0.370 e. The Balaban J connectivity index is 2.25. The maximum Gasteiger partial charge on any atom is 0.188 e. The highest BCUT2D eigenvalue weighted by atomic mass is 15.3. The maximum atomic E-state index is 5.72. The van der Waals surface area contributed by atoms with Crippen LogP contribution in [0.2, 0.25) is 0 Å². The average molecular weight is 223 g/mol. The van der Waals surface area contributed by atoms with Crippen LogP contribution in [0.3, 0.4) is 0 Å². The van der Waals surface area contributed by atoms with Crippen LogP contribution in [0.5, 0.6) is 0 Å². The van der Waals surface area contributed by atoms with Gasteiger partial charge in [0.2, 0.25) is 0 Å². The summed E-state index contributed by atoms with van der Waals surface area (Å²) in [7, 11) is 1.94. The van der Waals surface area contributed by atoms with Crippen molar-refractivity contribution in [3.63, 3.8) is 0 Å². The third-order valence-electron chi connectivity index (χ3n) is 2.24. The zero-order chi connectivity index (χ0) is 12.0. The molecule has 0 fully saturated rings. The van der Waals surface area contributed by atoms with Crippen LogP contribution >= 0.6 is 0 Å². The van der Waals surface area contributed by atoms with Crippen molar-refractivity contribution < 1.29 is 0 Å². The Hall–Kier alpha value is -1.52. The molecule has 0 saturated heterocycles. The fraction of sp³-hybridized carbons (Fsp3) is 0.636. The zero-order valence-corrected chi connectivity index (χ0v) is 10.3. The van der Waals surface area contributed by atoms with Crippen LogP contribution in [0.15, 0.2) is 17.3 Å². The van der Waals surface area contributed by atoms with Crippen molar-refractivity contribution in [3.8, 4) is 0 Å². The Labute approximate surface area is 96.7 Å². The monoisotopic (exact) mass is 223 g/mol. The first-order valence-electron chi connectivity index (χ1n) is 5.60. The molecule has 0 bridgehead atoms. The first kappa shape index (κ1) is 12.5. The van der Waals surface area contributed by atoms with E-state index in [0.717, 1.165) is 19.5 Å². The van der Waals surface area contributed by atoms with Gasteiger partial charge in [0.15, 0.2) is 5.96 Å². The van der Waals surface area contributed by atoms with Gasteiger partial charge >= 0.3 is 0 Å². The molecule has 0 aliphatic carbocycles. The second kappa shape index (κ2) is 6.15. The fourth-order valence-corrected chi connectivity index (χ4v) is 1.30. The van der Waals surface area contributed by atoms with Crippen molar-refractivity contribution >= 4 is 5.96 Å². The summed E-state index contributed by atoms with van der Waals surface area (Å²) in [5.41, 5.74) is 6.90. The molecule has 0 spiro atoms. The number of hydrogen-bond donors (Lipinski definition) is 2. The smallest absolute Gasteiger partial charge is 0.188 e. The first-order chi connectivity index (χ1) is 7.59. The number of aromatic nitrogens is 2. The molecule has 0 radical (unpaired) electrons. The quantitative estimate of drug-likeness (QED) is 0.565. The molecule has 5 heteroatoms. The Morgan fingerprint density at radius 2 is 2.38 bits per heavy atom. The highest BCUT2D eigenvalue weighted by Crippen LogP contribution is 1.96. The lowest BCUT2D eigenvalue weighted by atomic mass is 10.2. The van der Waals surface area contributed by atoms with E-state index in [-0.39, 0.29) is 0 Å². The first-order valence-corrected chi connectivity index (χ1v) is 5.60. The largest absolute Gasteiger partial charge is 0.370 e. The Bertz CT molecular complexity index is 340. The number of nitrogens with zero attached hydrogens (tertiary/aromatic N) is 3. The molecule has 5 nitrogen and oxygen atoms in total. The van der Waals surface area contributed by atoms with Gasteiger partial charge in [-0.15, -0.1) is 0 Å². The molecule has 0 unspecified atom stereocenters. The molecule has 0 aromatic carbocycles. The normalized spacial score (nSPS) is 12.1. The van der Waals surface area contributed by atoms with E-state index in [4.69, 9.17) is 5.73 Å². The van der Waals surface area contributed by atoms with Crippen LogP contribution in [0.1, 0.15) is 19.5 Å². The summed E-state index contributed by atoms with van der Waals surface area (Å²) in [5.74, 6) is 1.06. The van der Waals surface area contributed by atoms with Crippen molar-refractivity contribution in [1.29, 1.82) is 0 Å². The molecule has 0 saturated carbocycles. The van der Waals surface area contributed by atoms with E-state index in [1.807, 2.05) is 17.8 Å². The van der Waals surface area contributed by atoms with Gasteiger partial charge in [-0.25, -0.2) is 0 Å². The van der Waals surface area contributed by atoms with Crippen LogP contribution in [0, 0.1) is 5.92 Å². The Morgan fingerprint density at radius 1 is 1.62 bits per heavy atom. The van der Waals surface area contributed by atoms with Crippen LogP contribution in [0.4, 0.5) is 0 Å². The molecule has 0 atom stereocenters. The summed E-state index contributed by atoms with van der Waals surface area (Å²) in [5, 5.41) is 7.19. The molecule has 1 rings (SSSR count). The molecule has 0 aliphatic heterocycles. The topological polar surface area (TPSA) is 68.2 Å². The second-order valence-electron chi connectivity index (χ2n) is 4.24. The third-order valence-corrected chi connectivity index (χ3v) is 2.24. The zero-order valence-electron chi connectivity index (χ0n) is 10.3. The Kier molecular flexibility index (Phi) is 4.82. The van der Waals surface area contributed by atoms with Gasteiger partial charge in [0.05, 0.1) is 0 Å². The summed E-state index contributed by atoms with van der Waals surface area (Å²) >= 11 is 0. The average Bonchev–Trinajstić information content (AvgIpc) is 2.61. The van der Waals surface area contributed by atoms with Crippen LogP contribution in [-0.4, -0.2) is 28.8 Å². The number of hydrogen-bond acceptors (Lipinski definition) is 2.